The van der Waals surface area contributed by atoms with Crippen LogP contribution in [0.25, 0.3) is 0 Å². The predicted molar refractivity (Wildman–Crippen MR) is 83.0 cm³/mol. The second-order valence-corrected chi connectivity index (χ2v) is 4.77. The van der Waals surface area contributed by atoms with Gasteiger partial charge in [-0.15, -0.1) is 0 Å². The quantitative estimate of drug-likeness (QED) is 0.606. The number of hydrogen-bond acceptors (Lipinski definition) is 5. The van der Waals surface area contributed by atoms with Gasteiger partial charge in [-0.25, -0.2) is 4.79 Å². The van der Waals surface area contributed by atoms with Crippen LogP contribution in [-0.4, -0.2) is 24.5 Å². The lowest BCUT2D eigenvalue weighted by atomic mass is 10.0. The van der Waals surface area contributed by atoms with E-state index < -0.39 is 12.1 Å². The molecule has 0 unspecified atom stereocenters. The summed E-state index contributed by atoms with van der Waals surface area (Å²) in [5.74, 6) is -0.265. The normalized spacial score (nSPS) is 11.1. The van der Waals surface area contributed by atoms with Crippen LogP contribution in [0.3, 0.4) is 0 Å². The Kier molecular flexibility index (Phi) is 5.48. The van der Waals surface area contributed by atoms with Crippen LogP contribution in [0, 0.1) is 11.3 Å². The monoisotopic (exact) mass is 309 g/mol. The van der Waals surface area contributed by atoms with Gasteiger partial charge in [-0.05, 0) is 31.2 Å². The summed E-state index contributed by atoms with van der Waals surface area (Å²) in [5.41, 5.74) is 1.14. The van der Waals surface area contributed by atoms with Gasteiger partial charge < -0.3 is 9.47 Å². The van der Waals surface area contributed by atoms with Crippen molar-refractivity contribution in [2.75, 3.05) is 6.61 Å². The van der Waals surface area contributed by atoms with Gasteiger partial charge in [0.25, 0.3) is 0 Å². The SMILES string of the molecule is C[C@H](C#N)OC(=O)COc1ccc(C(=O)c2ccccc2)cc1. The maximum Gasteiger partial charge on any atom is 0.345 e. The third kappa shape index (κ3) is 4.68. The predicted octanol–water partition coefficient (Wildman–Crippen LogP) is 2.75. The van der Waals surface area contributed by atoms with E-state index in [1.54, 1.807) is 54.6 Å². The van der Waals surface area contributed by atoms with Gasteiger partial charge in [-0.2, -0.15) is 5.26 Å². The number of esters is 1. The van der Waals surface area contributed by atoms with E-state index in [2.05, 4.69) is 0 Å². The summed E-state index contributed by atoms with van der Waals surface area (Å²) >= 11 is 0. The van der Waals surface area contributed by atoms with Gasteiger partial charge >= 0.3 is 5.97 Å². The Morgan fingerprint density at radius 3 is 2.26 bits per heavy atom. The zero-order valence-corrected chi connectivity index (χ0v) is 12.6. The lowest BCUT2D eigenvalue weighted by molar-refractivity contribution is -0.148. The molecule has 2 aromatic rings. The summed E-state index contributed by atoms with van der Waals surface area (Å²) < 4.78 is 10.0. The number of rotatable bonds is 6. The van der Waals surface area contributed by atoms with Crippen LogP contribution in [0.1, 0.15) is 22.8 Å². The highest BCUT2D eigenvalue weighted by Crippen LogP contribution is 2.15. The molecule has 0 aliphatic carbocycles. The highest BCUT2D eigenvalue weighted by Gasteiger charge is 2.11. The molecule has 5 nitrogen and oxygen atoms in total. The molecule has 0 amide bonds. The van der Waals surface area contributed by atoms with Crippen molar-refractivity contribution in [1.82, 2.24) is 0 Å². The van der Waals surface area contributed by atoms with Gasteiger partial charge in [0.05, 0.1) is 0 Å². The summed E-state index contributed by atoms with van der Waals surface area (Å²) in [4.78, 5) is 23.6. The van der Waals surface area contributed by atoms with E-state index >= 15 is 0 Å². The smallest absolute Gasteiger partial charge is 0.345 e. The molecule has 1 atom stereocenters. The zero-order chi connectivity index (χ0) is 16.7. The minimum atomic E-state index is -0.808. The number of nitriles is 1. The van der Waals surface area contributed by atoms with Crippen molar-refractivity contribution in [2.45, 2.75) is 13.0 Å². The first-order valence-electron chi connectivity index (χ1n) is 7.02. The lowest BCUT2D eigenvalue weighted by Crippen LogP contribution is -2.19. The number of nitrogens with zero attached hydrogens (tertiary/aromatic N) is 1. The highest BCUT2D eigenvalue weighted by molar-refractivity contribution is 6.08. The molecular formula is C18H15NO4. The van der Waals surface area contributed by atoms with Crippen molar-refractivity contribution >= 4 is 11.8 Å². The first kappa shape index (κ1) is 16.2. The van der Waals surface area contributed by atoms with Crippen LogP contribution in [0.2, 0.25) is 0 Å². The molecule has 0 saturated carbocycles. The van der Waals surface area contributed by atoms with Crippen LogP contribution in [0.15, 0.2) is 54.6 Å². The van der Waals surface area contributed by atoms with Gasteiger partial charge in [-0.3, -0.25) is 4.79 Å². The first-order chi connectivity index (χ1) is 11.1. The maximum atomic E-state index is 12.2. The van der Waals surface area contributed by atoms with E-state index in [0.29, 0.717) is 16.9 Å². The van der Waals surface area contributed by atoms with E-state index in [9.17, 15) is 9.59 Å². The zero-order valence-electron chi connectivity index (χ0n) is 12.6. The summed E-state index contributed by atoms with van der Waals surface area (Å²) in [5, 5.41) is 8.55. The Morgan fingerprint density at radius 1 is 1.04 bits per heavy atom. The van der Waals surface area contributed by atoms with E-state index in [1.165, 1.54) is 6.92 Å². The summed E-state index contributed by atoms with van der Waals surface area (Å²) in [6.45, 7) is 1.18. The molecule has 0 saturated heterocycles. The average Bonchev–Trinajstić information content (AvgIpc) is 2.60. The average molecular weight is 309 g/mol. The number of carbonyl (C=O) groups excluding carboxylic acids is 2. The fraction of sp³-hybridized carbons (Fsp3) is 0.167. The highest BCUT2D eigenvalue weighted by atomic mass is 16.6. The second kappa shape index (κ2) is 7.76. The van der Waals surface area contributed by atoms with Crippen molar-refractivity contribution in [2.24, 2.45) is 0 Å². The second-order valence-electron chi connectivity index (χ2n) is 4.77. The molecule has 0 spiro atoms. The molecule has 0 N–H and O–H groups in total. The van der Waals surface area contributed by atoms with Gasteiger partial charge in [-0.1, -0.05) is 30.3 Å². The van der Waals surface area contributed by atoms with Crippen molar-refractivity contribution in [3.8, 4) is 11.8 Å². The van der Waals surface area contributed by atoms with E-state index in [-0.39, 0.29) is 12.4 Å². The molecule has 0 fully saturated rings. The Morgan fingerprint density at radius 2 is 1.65 bits per heavy atom. The van der Waals surface area contributed by atoms with Gasteiger partial charge in [0.1, 0.15) is 11.8 Å². The number of ketones is 1. The third-order valence-corrected chi connectivity index (χ3v) is 3.00. The Hall–Kier alpha value is -3.13. The number of hydrogen-bond donors (Lipinski definition) is 0. The topological polar surface area (TPSA) is 76.4 Å². The minimum Gasteiger partial charge on any atom is -0.482 e. The molecule has 0 aliphatic heterocycles. The van der Waals surface area contributed by atoms with Gasteiger partial charge in [0.2, 0.25) is 0 Å². The molecular weight excluding hydrogens is 294 g/mol. The van der Waals surface area contributed by atoms with Crippen LogP contribution in [-0.2, 0) is 9.53 Å². The van der Waals surface area contributed by atoms with E-state index in [4.69, 9.17) is 14.7 Å². The van der Waals surface area contributed by atoms with Gasteiger partial charge in [0.15, 0.2) is 18.5 Å². The molecule has 23 heavy (non-hydrogen) atoms. The minimum absolute atomic E-state index is 0.0839. The summed E-state index contributed by atoms with van der Waals surface area (Å²) in [6, 6.07) is 17.2. The molecule has 0 radical (unpaired) electrons. The molecule has 2 aromatic carbocycles. The fourth-order valence-electron chi connectivity index (χ4n) is 1.86. The lowest BCUT2D eigenvalue weighted by Gasteiger charge is -2.08. The molecule has 116 valence electrons. The molecule has 5 heteroatoms. The standard InChI is InChI=1S/C18H15NO4/c1-13(11-19)23-17(20)12-22-16-9-7-15(8-10-16)18(21)14-5-3-2-4-6-14/h2-10,13H,12H2,1H3/t13-/m1/s1. The van der Waals surface area contributed by atoms with Crippen molar-refractivity contribution < 1.29 is 19.1 Å². The van der Waals surface area contributed by atoms with Crippen molar-refractivity contribution in [3.63, 3.8) is 0 Å². The van der Waals surface area contributed by atoms with E-state index in [0.717, 1.165) is 0 Å². The molecule has 2 rings (SSSR count). The van der Waals surface area contributed by atoms with Gasteiger partial charge in [0, 0.05) is 11.1 Å². The van der Waals surface area contributed by atoms with Crippen LogP contribution < -0.4 is 4.74 Å². The Labute approximate surface area is 134 Å². The number of ether oxygens (including phenoxy) is 2. The number of benzene rings is 2. The first-order valence-corrected chi connectivity index (χ1v) is 7.02. The third-order valence-electron chi connectivity index (χ3n) is 3.00. The molecule has 0 heterocycles. The summed E-state index contributed by atoms with van der Waals surface area (Å²) in [7, 11) is 0. The molecule has 0 aromatic heterocycles. The molecule has 0 aliphatic rings. The Bertz CT molecular complexity index is 717. The van der Waals surface area contributed by atoms with Crippen molar-refractivity contribution in [1.29, 1.82) is 5.26 Å². The van der Waals surface area contributed by atoms with Crippen LogP contribution >= 0.6 is 0 Å². The van der Waals surface area contributed by atoms with E-state index in [1.807, 2.05) is 6.07 Å². The Balaban J connectivity index is 1.94. The maximum absolute atomic E-state index is 12.2. The largest absolute Gasteiger partial charge is 0.482 e. The number of carbonyl (C=O) groups is 2. The fourth-order valence-corrected chi connectivity index (χ4v) is 1.86. The van der Waals surface area contributed by atoms with Crippen LogP contribution in [0.4, 0.5) is 0 Å². The van der Waals surface area contributed by atoms with Crippen molar-refractivity contribution in [3.05, 3.63) is 65.7 Å². The summed E-state index contributed by atoms with van der Waals surface area (Å²) in [6.07, 6.45) is -0.808. The molecule has 0 bridgehead atoms. The van der Waals surface area contributed by atoms with Crippen LogP contribution in [0.5, 0.6) is 5.75 Å².